The number of aliphatic imine (C=N–C) groups is 1. The molecule has 0 atom stereocenters. The molecule has 0 aromatic carbocycles. The van der Waals surface area contributed by atoms with Crippen LogP contribution in [0.3, 0.4) is 0 Å². The largest absolute Gasteiger partial charge is 0.460 e. The Labute approximate surface area is 202 Å². The Hall–Kier alpha value is -4.84. The summed E-state index contributed by atoms with van der Waals surface area (Å²) in [4.78, 5) is 20.9. The first-order valence-electron chi connectivity index (χ1n) is 10.8. The predicted octanol–water partition coefficient (Wildman–Crippen LogP) is 4.85. The summed E-state index contributed by atoms with van der Waals surface area (Å²) in [7, 11) is 0. The van der Waals surface area contributed by atoms with Crippen LogP contribution in [0, 0.1) is 18.3 Å². The third kappa shape index (κ3) is 4.77. The molecule has 174 valence electrons. The van der Waals surface area contributed by atoms with Crippen molar-refractivity contribution in [1.82, 2.24) is 24.4 Å². The number of fused-ring (bicyclic) bond motifs is 1. The average Bonchev–Trinajstić information content (AvgIpc) is 3.44. The van der Waals surface area contributed by atoms with E-state index in [1.807, 2.05) is 51.1 Å². The van der Waals surface area contributed by atoms with Gasteiger partial charge in [0.1, 0.15) is 17.6 Å². The number of Topliss-reactive ketones (excluding diaryl/α,β-unsaturated/α-hetero) is 1. The van der Waals surface area contributed by atoms with Gasteiger partial charge in [-0.3, -0.25) is 9.79 Å². The number of rotatable bonds is 7. The van der Waals surface area contributed by atoms with Crippen molar-refractivity contribution in [2.45, 2.75) is 27.7 Å². The molecule has 0 amide bonds. The molecule has 0 aliphatic rings. The van der Waals surface area contributed by atoms with Crippen molar-refractivity contribution in [2.24, 2.45) is 4.99 Å². The lowest BCUT2D eigenvalue weighted by atomic mass is 10.1. The lowest BCUT2D eigenvalue weighted by Gasteiger charge is -2.10. The number of allylic oxidation sites excluding steroid dienone is 4. The van der Waals surface area contributed by atoms with Crippen molar-refractivity contribution in [2.75, 3.05) is 0 Å². The van der Waals surface area contributed by atoms with Crippen LogP contribution in [0.25, 0.3) is 22.6 Å². The molecule has 9 heteroatoms. The second-order valence-electron chi connectivity index (χ2n) is 7.92. The van der Waals surface area contributed by atoms with E-state index in [1.165, 1.54) is 11.6 Å². The molecule has 9 nitrogen and oxygen atoms in total. The average molecular weight is 466 g/mol. The summed E-state index contributed by atoms with van der Waals surface area (Å²) >= 11 is 0. The normalized spacial score (nSPS) is 12.0. The first-order chi connectivity index (χ1) is 16.8. The molecule has 4 aromatic rings. The second kappa shape index (κ2) is 9.57. The van der Waals surface area contributed by atoms with Crippen LogP contribution in [-0.4, -0.2) is 36.9 Å². The number of ketones is 1. The van der Waals surface area contributed by atoms with Crippen LogP contribution >= 0.6 is 0 Å². The van der Waals surface area contributed by atoms with Gasteiger partial charge in [-0.1, -0.05) is 0 Å². The Morgan fingerprint density at radius 3 is 2.69 bits per heavy atom. The van der Waals surface area contributed by atoms with E-state index in [0.717, 1.165) is 16.8 Å². The summed E-state index contributed by atoms with van der Waals surface area (Å²) in [6, 6.07) is 10.9. The number of carbonyl (C=O) groups is 1. The third-order valence-corrected chi connectivity index (χ3v) is 5.31. The van der Waals surface area contributed by atoms with Gasteiger partial charge in [-0.05, 0) is 76.9 Å². The monoisotopic (exact) mass is 465 g/mol. The highest BCUT2D eigenvalue weighted by atomic mass is 16.5. The van der Waals surface area contributed by atoms with E-state index in [2.05, 4.69) is 21.9 Å². The van der Waals surface area contributed by atoms with Crippen LogP contribution in [0.1, 0.15) is 42.5 Å². The highest BCUT2D eigenvalue weighted by molar-refractivity contribution is 5.97. The highest BCUT2D eigenvalue weighted by Crippen LogP contribution is 2.28. The fraction of sp³-hybridized carbons (Fsp3) is 0.154. The van der Waals surface area contributed by atoms with Crippen LogP contribution in [0.2, 0.25) is 0 Å². The van der Waals surface area contributed by atoms with Gasteiger partial charge in [-0.2, -0.15) is 15.5 Å². The lowest BCUT2D eigenvalue weighted by Crippen LogP contribution is -2.09. The van der Waals surface area contributed by atoms with Crippen molar-refractivity contribution in [3.05, 3.63) is 83.3 Å². The predicted molar refractivity (Wildman–Crippen MR) is 133 cm³/mol. The minimum Gasteiger partial charge on any atom is -0.460 e. The van der Waals surface area contributed by atoms with Gasteiger partial charge in [0.2, 0.25) is 0 Å². The number of aryl methyl sites for hydroxylation is 1. The number of carbonyl (C=O) groups excluding carboxylic acids is 1. The quantitative estimate of drug-likeness (QED) is 0.167. The van der Waals surface area contributed by atoms with E-state index in [4.69, 9.17) is 9.72 Å². The number of aromatic nitrogens is 5. The van der Waals surface area contributed by atoms with E-state index in [9.17, 15) is 10.1 Å². The fourth-order valence-electron chi connectivity index (χ4n) is 3.51. The smallest absolute Gasteiger partial charge is 0.165 e. The molecule has 0 N–H and O–H groups in total. The minimum atomic E-state index is -0.147. The van der Waals surface area contributed by atoms with Gasteiger partial charge in [0.05, 0.1) is 29.2 Å². The van der Waals surface area contributed by atoms with Gasteiger partial charge < -0.3 is 4.74 Å². The molecule has 0 saturated heterocycles. The summed E-state index contributed by atoms with van der Waals surface area (Å²) in [5.41, 5.74) is 4.37. The summed E-state index contributed by atoms with van der Waals surface area (Å²) < 4.78 is 9.10. The Morgan fingerprint density at radius 1 is 1.20 bits per heavy atom. The molecule has 0 aliphatic heterocycles. The van der Waals surface area contributed by atoms with E-state index >= 15 is 0 Å². The molecule has 0 spiro atoms. The van der Waals surface area contributed by atoms with Crippen molar-refractivity contribution < 1.29 is 9.53 Å². The molecule has 35 heavy (non-hydrogen) atoms. The third-order valence-electron chi connectivity index (χ3n) is 5.31. The Kier molecular flexibility index (Phi) is 6.38. The summed E-state index contributed by atoms with van der Waals surface area (Å²) in [5, 5.41) is 18.0. The number of nitrogens with zero attached hydrogens (tertiary/aromatic N) is 7. The van der Waals surface area contributed by atoms with Crippen molar-refractivity contribution in [1.29, 1.82) is 5.26 Å². The standard InChI is InChI=1S/C26H23N7O2/c1-16(28-5)6-7-18(3)35-21-8-11-25-23(14-29-32(25)15-21)24-10-9-22(19(4)34)26(30-24)33-17(2)12-20(13-27)31-33/h6-12,14-15H,5H2,1-4H3/b16-6-,18-7+. The number of hydrogen-bond acceptors (Lipinski definition) is 7. The minimum absolute atomic E-state index is 0.147. The number of nitriles is 1. The van der Waals surface area contributed by atoms with Gasteiger partial charge in [0, 0.05) is 17.0 Å². The SMILES string of the molecule is C=N/C(C)=C\C=C(/C)Oc1ccc2c(-c3ccc(C(C)=O)c(-n4nc(C#N)cc4C)n3)cnn2c1. The Morgan fingerprint density at radius 2 is 2.00 bits per heavy atom. The molecule has 0 saturated carbocycles. The summed E-state index contributed by atoms with van der Waals surface area (Å²) in [6.07, 6.45) is 7.13. The van der Waals surface area contributed by atoms with Crippen LogP contribution in [-0.2, 0) is 0 Å². The maximum atomic E-state index is 12.3. The fourth-order valence-corrected chi connectivity index (χ4v) is 3.51. The molecular weight excluding hydrogens is 442 g/mol. The molecule has 0 unspecified atom stereocenters. The van der Waals surface area contributed by atoms with E-state index in [0.29, 0.717) is 34.3 Å². The zero-order valence-corrected chi connectivity index (χ0v) is 19.9. The number of pyridine rings is 2. The molecule has 0 bridgehead atoms. The molecule has 4 rings (SSSR count). The van der Waals surface area contributed by atoms with Crippen LogP contribution < -0.4 is 4.74 Å². The highest BCUT2D eigenvalue weighted by Gasteiger charge is 2.18. The topological polar surface area (TPSA) is 110 Å². The Balaban J connectivity index is 1.73. The summed E-state index contributed by atoms with van der Waals surface area (Å²) in [5.74, 6) is 1.53. The van der Waals surface area contributed by atoms with Gasteiger partial charge in [0.15, 0.2) is 17.3 Å². The van der Waals surface area contributed by atoms with Crippen LogP contribution in [0.15, 0.2) is 71.3 Å². The van der Waals surface area contributed by atoms with Gasteiger partial charge in [-0.25, -0.2) is 14.2 Å². The lowest BCUT2D eigenvalue weighted by molar-refractivity contribution is 0.101. The molecule has 4 aromatic heterocycles. The van der Waals surface area contributed by atoms with Crippen molar-refractivity contribution >= 4 is 18.0 Å². The van der Waals surface area contributed by atoms with E-state index in [-0.39, 0.29) is 11.5 Å². The second-order valence-corrected chi connectivity index (χ2v) is 7.92. The number of hydrogen-bond donors (Lipinski definition) is 0. The first-order valence-corrected chi connectivity index (χ1v) is 10.8. The maximum absolute atomic E-state index is 12.3. The van der Waals surface area contributed by atoms with Gasteiger partial charge >= 0.3 is 0 Å². The van der Waals surface area contributed by atoms with E-state index < -0.39 is 0 Å². The van der Waals surface area contributed by atoms with Crippen molar-refractivity contribution in [3.8, 4) is 28.9 Å². The molecule has 4 heterocycles. The molecule has 0 aliphatic carbocycles. The first kappa shape index (κ1) is 23.3. The van der Waals surface area contributed by atoms with Gasteiger partial charge in [-0.15, -0.1) is 0 Å². The maximum Gasteiger partial charge on any atom is 0.165 e. The zero-order chi connectivity index (χ0) is 25.1. The van der Waals surface area contributed by atoms with Crippen LogP contribution in [0.4, 0.5) is 0 Å². The zero-order valence-electron chi connectivity index (χ0n) is 19.9. The van der Waals surface area contributed by atoms with E-state index in [1.54, 1.807) is 35.1 Å². The Bertz CT molecular complexity index is 1560. The summed E-state index contributed by atoms with van der Waals surface area (Å²) in [6.45, 7) is 10.5. The van der Waals surface area contributed by atoms with Crippen molar-refractivity contribution in [3.63, 3.8) is 0 Å². The van der Waals surface area contributed by atoms with Gasteiger partial charge in [0.25, 0.3) is 0 Å². The molecule has 0 fully saturated rings. The van der Waals surface area contributed by atoms with Crippen LogP contribution in [0.5, 0.6) is 5.75 Å². The molecular formula is C26H23N7O2. The number of ether oxygens (including phenoxy) is 1. The molecule has 0 radical (unpaired) electrons.